The minimum atomic E-state index is -0.194. The van der Waals surface area contributed by atoms with Gasteiger partial charge < -0.3 is 14.4 Å². The Bertz CT molecular complexity index is 592. The fourth-order valence-corrected chi connectivity index (χ4v) is 2.98. The van der Waals surface area contributed by atoms with Crippen molar-refractivity contribution in [1.82, 2.24) is 4.90 Å². The molecule has 0 aliphatic heterocycles. The average molecular weight is 335 g/mol. The van der Waals surface area contributed by atoms with Gasteiger partial charge in [-0.3, -0.25) is 0 Å². The summed E-state index contributed by atoms with van der Waals surface area (Å²) in [5.74, 6) is 2.28. The standard InChI is InChI=1S/C18H22FNO2S/c1-20(12-14-23-16-9-7-15(19)8-10-16)11-13-22-18-6-4-3-5-17(18)21-2/h3-10H,11-14H2,1-2H3. The summed E-state index contributed by atoms with van der Waals surface area (Å²) in [5.41, 5.74) is 0. The largest absolute Gasteiger partial charge is 0.493 e. The third-order valence-corrected chi connectivity index (χ3v) is 4.35. The summed E-state index contributed by atoms with van der Waals surface area (Å²) in [7, 11) is 3.71. The van der Waals surface area contributed by atoms with E-state index in [0.29, 0.717) is 6.61 Å². The summed E-state index contributed by atoms with van der Waals surface area (Å²) in [6.07, 6.45) is 0. The highest BCUT2D eigenvalue weighted by atomic mass is 32.2. The number of thioether (sulfide) groups is 1. The normalized spacial score (nSPS) is 10.8. The van der Waals surface area contributed by atoms with Crippen LogP contribution in [0.4, 0.5) is 4.39 Å². The summed E-state index contributed by atoms with van der Waals surface area (Å²) in [4.78, 5) is 3.30. The van der Waals surface area contributed by atoms with Crippen LogP contribution in [0.2, 0.25) is 0 Å². The molecule has 0 aliphatic rings. The average Bonchev–Trinajstić information content (AvgIpc) is 2.57. The van der Waals surface area contributed by atoms with E-state index >= 15 is 0 Å². The highest BCUT2D eigenvalue weighted by Gasteiger charge is 2.04. The molecule has 2 aromatic rings. The van der Waals surface area contributed by atoms with Crippen LogP contribution in [-0.2, 0) is 0 Å². The first-order valence-electron chi connectivity index (χ1n) is 7.52. The Balaban J connectivity index is 1.65. The molecule has 0 spiro atoms. The van der Waals surface area contributed by atoms with Gasteiger partial charge in [0.25, 0.3) is 0 Å². The zero-order valence-corrected chi connectivity index (χ0v) is 14.3. The summed E-state index contributed by atoms with van der Waals surface area (Å²) < 4.78 is 23.8. The van der Waals surface area contributed by atoms with Crippen molar-refractivity contribution in [2.24, 2.45) is 0 Å². The van der Waals surface area contributed by atoms with Crippen molar-refractivity contribution in [2.45, 2.75) is 4.90 Å². The first kappa shape index (κ1) is 17.6. The van der Waals surface area contributed by atoms with Gasteiger partial charge in [-0.05, 0) is 43.4 Å². The quantitative estimate of drug-likeness (QED) is 0.647. The van der Waals surface area contributed by atoms with Crippen LogP contribution >= 0.6 is 11.8 Å². The van der Waals surface area contributed by atoms with E-state index in [9.17, 15) is 4.39 Å². The van der Waals surface area contributed by atoms with E-state index in [1.54, 1.807) is 18.9 Å². The van der Waals surface area contributed by atoms with E-state index in [-0.39, 0.29) is 5.82 Å². The Hall–Kier alpha value is -1.72. The molecule has 5 heteroatoms. The summed E-state index contributed by atoms with van der Waals surface area (Å²) in [6, 6.07) is 14.3. The first-order valence-corrected chi connectivity index (χ1v) is 8.50. The molecule has 0 aliphatic carbocycles. The van der Waals surface area contributed by atoms with Gasteiger partial charge in [0.05, 0.1) is 7.11 Å². The number of ether oxygens (including phenoxy) is 2. The predicted octanol–water partition coefficient (Wildman–Crippen LogP) is 3.94. The Morgan fingerprint density at radius 3 is 2.39 bits per heavy atom. The van der Waals surface area contributed by atoms with E-state index < -0.39 is 0 Å². The minimum absolute atomic E-state index is 0.194. The van der Waals surface area contributed by atoms with Gasteiger partial charge in [0, 0.05) is 23.7 Å². The SMILES string of the molecule is COc1ccccc1OCCN(C)CCSc1ccc(F)cc1. The molecule has 3 nitrogen and oxygen atoms in total. The smallest absolute Gasteiger partial charge is 0.161 e. The van der Waals surface area contributed by atoms with E-state index in [4.69, 9.17) is 9.47 Å². The molecule has 23 heavy (non-hydrogen) atoms. The fraction of sp³-hybridized carbons (Fsp3) is 0.333. The van der Waals surface area contributed by atoms with Gasteiger partial charge in [0.1, 0.15) is 12.4 Å². The number of para-hydroxylation sites is 2. The molecule has 2 aromatic carbocycles. The molecule has 0 heterocycles. The Kier molecular flexibility index (Phi) is 7.23. The van der Waals surface area contributed by atoms with Crippen LogP contribution in [0.3, 0.4) is 0 Å². The van der Waals surface area contributed by atoms with Crippen LogP contribution in [0, 0.1) is 5.82 Å². The molecule has 0 atom stereocenters. The van der Waals surface area contributed by atoms with Gasteiger partial charge in [-0.15, -0.1) is 11.8 Å². The third-order valence-electron chi connectivity index (χ3n) is 3.36. The highest BCUT2D eigenvalue weighted by Crippen LogP contribution is 2.25. The van der Waals surface area contributed by atoms with Crippen molar-refractivity contribution in [3.8, 4) is 11.5 Å². The van der Waals surface area contributed by atoms with Crippen LogP contribution in [-0.4, -0.2) is 44.5 Å². The van der Waals surface area contributed by atoms with Crippen molar-refractivity contribution in [3.63, 3.8) is 0 Å². The molecule has 0 saturated heterocycles. The number of methoxy groups -OCH3 is 1. The molecule has 0 unspecified atom stereocenters. The zero-order chi connectivity index (χ0) is 16.5. The van der Waals surface area contributed by atoms with Gasteiger partial charge in [-0.2, -0.15) is 0 Å². The maximum atomic E-state index is 12.8. The van der Waals surface area contributed by atoms with E-state index in [1.165, 1.54) is 12.1 Å². The maximum Gasteiger partial charge on any atom is 0.161 e. The van der Waals surface area contributed by atoms with Crippen molar-refractivity contribution in [3.05, 3.63) is 54.3 Å². The summed E-state index contributed by atoms with van der Waals surface area (Å²) in [5, 5.41) is 0. The Morgan fingerprint density at radius 1 is 1.00 bits per heavy atom. The lowest BCUT2D eigenvalue weighted by Crippen LogP contribution is -2.26. The molecule has 0 fully saturated rings. The maximum absolute atomic E-state index is 12.8. The first-order chi connectivity index (χ1) is 11.2. The van der Waals surface area contributed by atoms with Crippen LogP contribution in [0.5, 0.6) is 11.5 Å². The van der Waals surface area contributed by atoms with Crippen molar-refractivity contribution in [1.29, 1.82) is 0 Å². The van der Waals surface area contributed by atoms with Gasteiger partial charge in [0.2, 0.25) is 0 Å². The molecule has 0 bridgehead atoms. The topological polar surface area (TPSA) is 21.7 Å². The third kappa shape index (κ3) is 6.12. The molecule has 0 N–H and O–H groups in total. The summed E-state index contributed by atoms with van der Waals surface area (Å²) in [6.45, 7) is 2.39. The molecule has 0 aromatic heterocycles. The summed E-state index contributed by atoms with van der Waals surface area (Å²) >= 11 is 1.72. The van der Waals surface area contributed by atoms with Gasteiger partial charge in [0.15, 0.2) is 11.5 Å². The monoisotopic (exact) mass is 335 g/mol. The van der Waals surface area contributed by atoms with Crippen LogP contribution in [0.25, 0.3) is 0 Å². The minimum Gasteiger partial charge on any atom is -0.493 e. The molecule has 0 saturated carbocycles. The van der Waals surface area contributed by atoms with Crippen LogP contribution in [0.1, 0.15) is 0 Å². The number of halogens is 1. The number of nitrogens with zero attached hydrogens (tertiary/aromatic N) is 1. The van der Waals surface area contributed by atoms with Crippen molar-refractivity contribution >= 4 is 11.8 Å². The number of rotatable bonds is 9. The molecule has 2 rings (SSSR count). The molecular weight excluding hydrogens is 313 g/mol. The highest BCUT2D eigenvalue weighted by molar-refractivity contribution is 7.99. The van der Waals surface area contributed by atoms with E-state index in [0.717, 1.165) is 35.2 Å². The second kappa shape index (κ2) is 9.43. The molecule has 0 radical (unpaired) electrons. The predicted molar refractivity (Wildman–Crippen MR) is 93.1 cm³/mol. The van der Waals surface area contributed by atoms with Crippen molar-refractivity contribution < 1.29 is 13.9 Å². The number of hydrogen-bond acceptors (Lipinski definition) is 4. The number of benzene rings is 2. The van der Waals surface area contributed by atoms with Crippen molar-refractivity contribution in [2.75, 3.05) is 39.6 Å². The Morgan fingerprint density at radius 2 is 1.70 bits per heavy atom. The molecular formula is C18H22FNO2S. The Labute approximate surface area is 141 Å². The van der Waals surface area contributed by atoms with Gasteiger partial charge in [-0.25, -0.2) is 4.39 Å². The fourth-order valence-electron chi connectivity index (χ4n) is 2.01. The van der Waals surface area contributed by atoms with Gasteiger partial charge in [-0.1, -0.05) is 12.1 Å². The lowest BCUT2D eigenvalue weighted by atomic mass is 10.3. The second-order valence-corrected chi connectivity index (χ2v) is 6.27. The lowest BCUT2D eigenvalue weighted by molar-refractivity contribution is 0.236. The molecule has 0 amide bonds. The van der Waals surface area contributed by atoms with E-state index in [1.807, 2.05) is 36.4 Å². The molecule has 124 valence electrons. The lowest BCUT2D eigenvalue weighted by Gasteiger charge is -2.17. The number of likely N-dealkylation sites (N-methyl/N-ethyl adjacent to an activating group) is 1. The van der Waals surface area contributed by atoms with Crippen LogP contribution in [0.15, 0.2) is 53.4 Å². The number of hydrogen-bond donors (Lipinski definition) is 0. The van der Waals surface area contributed by atoms with Crippen LogP contribution < -0.4 is 9.47 Å². The second-order valence-electron chi connectivity index (χ2n) is 5.10. The van der Waals surface area contributed by atoms with E-state index in [2.05, 4.69) is 11.9 Å². The van der Waals surface area contributed by atoms with Gasteiger partial charge >= 0.3 is 0 Å². The zero-order valence-electron chi connectivity index (χ0n) is 13.5.